The molecule has 0 saturated carbocycles. The molecule has 0 bridgehead atoms. The normalized spacial score (nSPS) is 11.1. The number of aryl methyl sites for hydroxylation is 2. The van der Waals surface area contributed by atoms with Crippen LogP contribution in [0.25, 0.3) is 5.70 Å². The summed E-state index contributed by atoms with van der Waals surface area (Å²) in [5.74, 6) is 1.57. The number of rotatable bonds is 13. The summed E-state index contributed by atoms with van der Waals surface area (Å²) in [5.41, 5.74) is 4.89. The standard InChI is InChI=1S/C25H28Cl2F3NO3/c1-4-19-16-22(32-14-11-23(26)27)15-17(2)24(19)33-12-5-6-13-34-31-18(3)20-7-9-21(10-8-20)25(28,29)30/h7-11,15-16,31H,3-6,12-14H2,1-2H3. The van der Waals surface area contributed by atoms with Crippen molar-refractivity contribution in [2.75, 3.05) is 19.8 Å². The predicted octanol–water partition coefficient (Wildman–Crippen LogP) is 7.63. The summed E-state index contributed by atoms with van der Waals surface area (Å²) in [4.78, 5) is 5.37. The molecule has 0 fully saturated rings. The van der Waals surface area contributed by atoms with Crippen LogP contribution in [0, 0.1) is 6.92 Å². The second-order valence-corrected chi connectivity index (χ2v) is 8.45. The highest BCUT2D eigenvalue weighted by atomic mass is 35.5. The molecule has 9 heteroatoms. The summed E-state index contributed by atoms with van der Waals surface area (Å²) in [5, 5.41) is 0. The molecule has 0 spiro atoms. The topological polar surface area (TPSA) is 39.7 Å². The van der Waals surface area contributed by atoms with Gasteiger partial charge in [-0.25, -0.2) is 0 Å². The summed E-state index contributed by atoms with van der Waals surface area (Å²) in [6, 6.07) is 8.57. The smallest absolute Gasteiger partial charge is 0.416 e. The number of hydrogen-bond acceptors (Lipinski definition) is 4. The van der Waals surface area contributed by atoms with E-state index >= 15 is 0 Å². The molecule has 0 heterocycles. The summed E-state index contributed by atoms with van der Waals surface area (Å²) in [6.07, 6.45) is -0.521. The molecule has 0 aliphatic rings. The van der Waals surface area contributed by atoms with E-state index in [-0.39, 0.29) is 11.1 Å². The Labute approximate surface area is 208 Å². The van der Waals surface area contributed by atoms with Gasteiger partial charge in [-0.1, -0.05) is 48.8 Å². The second-order valence-electron chi connectivity index (χ2n) is 7.45. The number of hydrogen-bond donors (Lipinski definition) is 1. The lowest BCUT2D eigenvalue weighted by Crippen LogP contribution is -2.14. The molecule has 4 nitrogen and oxygen atoms in total. The first-order valence-electron chi connectivity index (χ1n) is 10.8. The van der Waals surface area contributed by atoms with Crippen molar-refractivity contribution < 1.29 is 27.5 Å². The average Bonchev–Trinajstić information content (AvgIpc) is 2.78. The maximum atomic E-state index is 12.6. The van der Waals surface area contributed by atoms with Gasteiger partial charge in [0.2, 0.25) is 0 Å². The van der Waals surface area contributed by atoms with Crippen molar-refractivity contribution in [3.8, 4) is 11.5 Å². The molecule has 2 aromatic carbocycles. The van der Waals surface area contributed by atoms with E-state index in [9.17, 15) is 13.2 Å². The Bertz CT molecular complexity index is 973. The molecule has 186 valence electrons. The van der Waals surface area contributed by atoms with Crippen molar-refractivity contribution in [2.45, 2.75) is 39.3 Å². The summed E-state index contributed by atoms with van der Waals surface area (Å²) in [7, 11) is 0. The van der Waals surface area contributed by atoms with Crippen LogP contribution < -0.4 is 15.0 Å². The van der Waals surface area contributed by atoms with Crippen LogP contribution in [0.4, 0.5) is 13.2 Å². The lowest BCUT2D eigenvalue weighted by molar-refractivity contribution is -0.137. The Hall–Kier alpha value is -2.35. The first kappa shape index (κ1) is 27.9. The van der Waals surface area contributed by atoms with Gasteiger partial charge >= 0.3 is 6.18 Å². The van der Waals surface area contributed by atoms with E-state index in [1.807, 2.05) is 26.0 Å². The highest BCUT2D eigenvalue weighted by molar-refractivity contribution is 6.55. The van der Waals surface area contributed by atoms with E-state index in [1.54, 1.807) is 6.08 Å². The minimum Gasteiger partial charge on any atom is -0.493 e. The number of unbranched alkanes of at least 4 members (excludes halogenated alkanes) is 1. The van der Waals surface area contributed by atoms with Gasteiger partial charge in [0.05, 0.1) is 24.5 Å². The van der Waals surface area contributed by atoms with Crippen molar-refractivity contribution in [3.05, 3.63) is 75.8 Å². The van der Waals surface area contributed by atoms with E-state index in [4.69, 9.17) is 37.5 Å². The summed E-state index contributed by atoms with van der Waals surface area (Å²) in [6.45, 7) is 8.99. The molecule has 0 atom stereocenters. The van der Waals surface area contributed by atoms with Gasteiger partial charge in [-0.05, 0) is 73.2 Å². The van der Waals surface area contributed by atoms with Crippen molar-refractivity contribution in [3.63, 3.8) is 0 Å². The zero-order valence-electron chi connectivity index (χ0n) is 19.1. The van der Waals surface area contributed by atoms with Gasteiger partial charge in [-0.3, -0.25) is 10.3 Å². The molecule has 0 radical (unpaired) electrons. The molecular formula is C25H28Cl2F3NO3. The fourth-order valence-corrected chi connectivity index (χ4v) is 3.20. The molecule has 0 amide bonds. The number of alkyl halides is 3. The molecular weight excluding hydrogens is 490 g/mol. The molecule has 2 rings (SSSR count). The van der Waals surface area contributed by atoms with Gasteiger partial charge in [-0.15, -0.1) is 0 Å². The summed E-state index contributed by atoms with van der Waals surface area (Å²) >= 11 is 11.2. The number of benzene rings is 2. The SMILES string of the molecule is C=C(NOCCCCOc1c(C)cc(OCC=C(Cl)Cl)cc1CC)c1ccc(C(F)(F)F)cc1. The van der Waals surface area contributed by atoms with Crippen molar-refractivity contribution >= 4 is 28.9 Å². The Morgan fingerprint density at radius 1 is 1.06 bits per heavy atom. The molecule has 0 saturated heterocycles. The average molecular weight is 518 g/mol. The minimum absolute atomic E-state index is 0.162. The first-order chi connectivity index (χ1) is 16.1. The van der Waals surface area contributed by atoms with Crippen LogP contribution in [0.2, 0.25) is 0 Å². The van der Waals surface area contributed by atoms with E-state index < -0.39 is 11.7 Å². The minimum atomic E-state index is -4.37. The van der Waals surface area contributed by atoms with Gasteiger partial charge in [0.25, 0.3) is 0 Å². The van der Waals surface area contributed by atoms with Crippen LogP contribution in [-0.2, 0) is 17.4 Å². The molecule has 0 unspecified atom stereocenters. The third-order valence-corrected chi connectivity index (χ3v) is 5.15. The lowest BCUT2D eigenvalue weighted by Gasteiger charge is -2.16. The first-order valence-corrected chi connectivity index (χ1v) is 11.5. The largest absolute Gasteiger partial charge is 0.493 e. The van der Waals surface area contributed by atoms with Crippen LogP contribution in [0.5, 0.6) is 11.5 Å². The Balaban J connectivity index is 1.72. The fourth-order valence-electron chi connectivity index (χ4n) is 3.07. The monoisotopic (exact) mass is 517 g/mol. The number of nitrogens with one attached hydrogen (secondary N) is 1. The Morgan fingerprint density at radius 2 is 1.74 bits per heavy atom. The second kappa shape index (κ2) is 13.5. The number of ether oxygens (including phenoxy) is 2. The zero-order chi connectivity index (χ0) is 25.1. The maximum absolute atomic E-state index is 12.6. The molecule has 1 N–H and O–H groups in total. The lowest BCUT2D eigenvalue weighted by atomic mass is 10.1. The van der Waals surface area contributed by atoms with Gasteiger partial charge in [0, 0.05) is 0 Å². The van der Waals surface area contributed by atoms with E-state index in [2.05, 4.69) is 12.1 Å². The van der Waals surface area contributed by atoms with E-state index in [1.165, 1.54) is 12.1 Å². The third kappa shape index (κ3) is 9.12. The third-order valence-electron chi connectivity index (χ3n) is 4.84. The van der Waals surface area contributed by atoms with Crippen LogP contribution >= 0.6 is 23.2 Å². The van der Waals surface area contributed by atoms with Gasteiger partial charge < -0.3 is 9.47 Å². The molecule has 2 aromatic rings. The molecule has 0 aromatic heterocycles. The van der Waals surface area contributed by atoms with Crippen molar-refractivity contribution in [1.82, 2.24) is 5.48 Å². The van der Waals surface area contributed by atoms with Gasteiger partial charge in [0.1, 0.15) is 22.6 Å². The predicted molar refractivity (Wildman–Crippen MR) is 130 cm³/mol. The molecule has 0 aliphatic heterocycles. The number of hydroxylamine groups is 1. The van der Waals surface area contributed by atoms with Gasteiger partial charge in [0.15, 0.2) is 0 Å². The number of halogens is 5. The zero-order valence-corrected chi connectivity index (χ0v) is 20.6. The highest BCUT2D eigenvalue weighted by Gasteiger charge is 2.30. The Morgan fingerprint density at radius 3 is 2.35 bits per heavy atom. The van der Waals surface area contributed by atoms with Crippen molar-refractivity contribution in [1.29, 1.82) is 0 Å². The van der Waals surface area contributed by atoms with E-state index in [0.29, 0.717) is 24.5 Å². The molecule has 0 aliphatic carbocycles. The Kier molecular flexibility index (Phi) is 11.1. The fraction of sp³-hybridized carbons (Fsp3) is 0.360. The maximum Gasteiger partial charge on any atom is 0.416 e. The van der Waals surface area contributed by atoms with Gasteiger partial charge in [-0.2, -0.15) is 13.2 Å². The van der Waals surface area contributed by atoms with Crippen LogP contribution in [0.3, 0.4) is 0 Å². The quantitative estimate of drug-likeness (QED) is 0.219. The van der Waals surface area contributed by atoms with Crippen LogP contribution in [0.1, 0.15) is 42.0 Å². The molecule has 34 heavy (non-hydrogen) atoms. The van der Waals surface area contributed by atoms with Crippen LogP contribution in [-0.4, -0.2) is 19.8 Å². The van der Waals surface area contributed by atoms with Crippen molar-refractivity contribution in [2.24, 2.45) is 0 Å². The highest BCUT2D eigenvalue weighted by Crippen LogP contribution is 2.31. The van der Waals surface area contributed by atoms with E-state index in [0.717, 1.165) is 54.0 Å². The van der Waals surface area contributed by atoms with Crippen LogP contribution in [0.15, 0.2) is 53.5 Å². The summed E-state index contributed by atoms with van der Waals surface area (Å²) < 4.78 is 49.7.